The SMILES string of the molecule is C=COCCN=C(C=C=C1CCCCC1)SC. The molecule has 0 aromatic heterocycles. The van der Waals surface area contributed by atoms with Crippen LogP contribution in [0.5, 0.6) is 0 Å². The van der Waals surface area contributed by atoms with E-state index < -0.39 is 0 Å². The van der Waals surface area contributed by atoms with Crippen molar-refractivity contribution in [1.29, 1.82) is 0 Å². The Morgan fingerprint density at radius 3 is 2.88 bits per heavy atom. The molecule has 0 atom stereocenters. The van der Waals surface area contributed by atoms with E-state index in [9.17, 15) is 0 Å². The highest BCUT2D eigenvalue weighted by molar-refractivity contribution is 8.13. The second kappa shape index (κ2) is 9.15. The van der Waals surface area contributed by atoms with Gasteiger partial charge in [-0.05, 0) is 37.5 Å². The van der Waals surface area contributed by atoms with Crippen LogP contribution >= 0.6 is 11.8 Å². The summed E-state index contributed by atoms with van der Waals surface area (Å²) >= 11 is 1.65. The maximum Gasteiger partial charge on any atom is 0.107 e. The Morgan fingerprint density at radius 1 is 1.47 bits per heavy atom. The molecule has 1 fully saturated rings. The Kier molecular flexibility index (Phi) is 7.61. The lowest BCUT2D eigenvalue weighted by Gasteiger charge is -2.10. The summed E-state index contributed by atoms with van der Waals surface area (Å²) in [5.74, 6) is 0. The normalized spacial score (nSPS) is 16.3. The molecule has 0 aliphatic heterocycles. The first kappa shape index (κ1) is 14.1. The van der Waals surface area contributed by atoms with Crippen molar-refractivity contribution in [3.8, 4) is 0 Å². The Balaban J connectivity index is 2.49. The number of hydrogen-bond donors (Lipinski definition) is 0. The molecule has 17 heavy (non-hydrogen) atoms. The highest BCUT2D eigenvalue weighted by atomic mass is 32.2. The smallest absolute Gasteiger partial charge is 0.107 e. The van der Waals surface area contributed by atoms with E-state index >= 15 is 0 Å². The van der Waals surface area contributed by atoms with Gasteiger partial charge >= 0.3 is 0 Å². The van der Waals surface area contributed by atoms with Gasteiger partial charge in [-0.15, -0.1) is 17.5 Å². The molecule has 1 saturated carbocycles. The van der Waals surface area contributed by atoms with Crippen LogP contribution in [0.4, 0.5) is 0 Å². The van der Waals surface area contributed by atoms with Crippen LogP contribution in [0.3, 0.4) is 0 Å². The van der Waals surface area contributed by atoms with E-state index in [1.807, 2.05) is 12.3 Å². The molecule has 2 nitrogen and oxygen atoms in total. The van der Waals surface area contributed by atoms with E-state index in [4.69, 9.17) is 4.74 Å². The third-order valence-electron chi connectivity index (χ3n) is 2.66. The lowest BCUT2D eigenvalue weighted by Crippen LogP contribution is -1.96. The minimum atomic E-state index is 0.595. The van der Waals surface area contributed by atoms with E-state index in [2.05, 4.69) is 17.3 Å². The molecule has 0 heterocycles. The molecule has 0 unspecified atom stereocenters. The van der Waals surface area contributed by atoms with Crippen molar-refractivity contribution in [3.63, 3.8) is 0 Å². The quantitative estimate of drug-likeness (QED) is 0.242. The summed E-state index contributed by atoms with van der Waals surface area (Å²) in [5, 5.41) is 1.02. The van der Waals surface area contributed by atoms with Crippen molar-refractivity contribution < 1.29 is 4.74 Å². The molecule has 0 aromatic rings. The van der Waals surface area contributed by atoms with Gasteiger partial charge in [0.1, 0.15) is 6.61 Å². The summed E-state index contributed by atoms with van der Waals surface area (Å²) in [6, 6.07) is 0. The maximum absolute atomic E-state index is 5.03. The highest BCUT2D eigenvalue weighted by Crippen LogP contribution is 2.21. The van der Waals surface area contributed by atoms with Crippen LogP contribution in [0.15, 0.2) is 35.2 Å². The van der Waals surface area contributed by atoms with Crippen molar-refractivity contribution in [3.05, 3.63) is 30.2 Å². The van der Waals surface area contributed by atoms with Gasteiger partial charge in [0.2, 0.25) is 0 Å². The first-order valence-corrected chi connectivity index (χ1v) is 7.34. The summed E-state index contributed by atoms with van der Waals surface area (Å²) in [6.45, 7) is 4.77. The Hall–Kier alpha value is -0.920. The third-order valence-corrected chi connectivity index (χ3v) is 3.33. The number of nitrogens with zero attached hydrogens (tertiary/aromatic N) is 1. The zero-order valence-corrected chi connectivity index (χ0v) is 11.4. The van der Waals surface area contributed by atoms with Crippen LogP contribution < -0.4 is 0 Å². The van der Waals surface area contributed by atoms with Crippen LogP contribution in [-0.4, -0.2) is 24.5 Å². The van der Waals surface area contributed by atoms with Crippen LogP contribution in [0, 0.1) is 0 Å². The fourth-order valence-corrected chi connectivity index (χ4v) is 2.14. The number of hydrogen-bond acceptors (Lipinski definition) is 3. The minimum absolute atomic E-state index is 0.595. The summed E-state index contributed by atoms with van der Waals surface area (Å²) < 4.78 is 5.03. The van der Waals surface area contributed by atoms with Gasteiger partial charge in [0, 0.05) is 6.08 Å². The average molecular weight is 251 g/mol. The third kappa shape index (κ3) is 6.40. The largest absolute Gasteiger partial charge is 0.500 e. The molecule has 0 spiro atoms. The molecule has 0 aromatic carbocycles. The number of rotatable bonds is 5. The molecule has 1 aliphatic carbocycles. The minimum Gasteiger partial charge on any atom is -0.500 e. The number of thioether (sulfide) groups is 1. The predicted molar refractivity (Wildman–Crippen MR) is 76.6 cm³/mol. The monoisotopic (exact) mass is 251 g/mol. The zero-order chi connectivity index (χ0) is 12.3. The van der Waals surface area contributed by atoms with Crippen molar-refractivity contribution in [2.75, 3.05) is 19.4 Å². The van der Waals surface area contributed by atoms with E-state index in [0.29, 0.717) is 13.2 Å². The van der Waals surface area contributed by atoms with E-state index in [1.54, 1.807) is 11.8 Å². The Morgan fingerprint density at radius 2 is 2.24 bits per heavy atom. The number of ether oxygens (including phenoxy) is 1. The van der Waals surface area contributed by atoms with Gasteiger partial charge in [0.05, 0.1) is 17.9 Å². The fourth-order valence-electron chi connectivity index (χ4n) is 1.75. The number of aliphatic imine (C=N–C) groups is 1. The Labute approximate surface area is 109 Å². The standard InChI is InChI=1S/C14H21NOS/c1-3-16-12-11-15-14(17-2)10-9-13-7-5-4-6-8-13/h3,10H,1,4-8,11-12H2,2H3. The van der Waals surface area contributed by atoms with E-state index in [-0.39, 0.29) is 0 Å². The van der Waals surface area contributed by atoms with Gasteiger partial charge in [0.25, 0.3) is 0 Å². The molecule has 0 N–H and O–H groups in total. The summed E-state index contributed by atoms with van der Waals surface area (Å²) in [6.07, 6.45) is 11.9. The maximum atomic E-state index is 5.03. The molecule has 0 amide bonds. The second-order valence-electron chi connectivity index (χ2n) is 3.91. The van der Waals surface area contributed by atoms with Crippen molar-refractivity contribution in [1.82, 2.24) is 0 Å². The van der Waals surface area contributed by atoms with Crippen molar-refractivity contribution in [2.24, 2.45) is 4.99 Å². The summed E-state index contributed by atoms with van der Waals surface area (Å²) in [7, 11) is 0. The highest BCUT2D eigenvalue weighted by Gasteiger charge is 2.03. The van der Waals surface area contributed by atoms with Crippen LogP contribution in [-0.2, 0) is 4.74 Å². The average Bonchev–Trinajstić information content (AvgIpc) is 2.39. The molecule has 1 rings (SSSR count). The van der Waals surface area contributed by atoms with Gasteiger partial charge < -0.3 is 4.74 Å². The topological polar surface area (TPSA) is 21.6 Å². The van der Waals surface area contributed by atoms with Crippen LogP contribution in [0.2, 0.25) is 0 Å². The van der Waals surface area contributed by atoms with Gasteiger partial charge in [-0.25, -0.2) is 0 Å². The van der Waals surface area contributed by atoms with Gasteiger partial charge in [0.15, 0.2) is 0 Å². The molecule has 94 valence electrons. The molecular formula is C14H21NOS. The first-order chi connectivity index (χ1) is 8.36. The Bertz CT molecular complexity index is 319. The molecule has 0 bridgehead atoms. The summed E-state index contributed by atoms with van der Waals surface area (Å²) in [5.41, 5.74) is 4.84. The molecule has 1 aliphatic rings. The van der Waals surface area contributed by atoms with Gasteiger partial charge in [-0.3, -0.25) is 4.99 Å². The van der Waals surface area contributed by atoms with Crippen molar-refractivity contribution >= 4 is 16.8 Å². The second-order valence-corrected chi connectivity index (χ2v) is 4.74. The molecule has 0 radical (unpaired) electrons. The van der Waals surface area contributed by atoms with E-state index in [1.165, 1.54) is 43.9 Å². The lowest BCUT2D eigenvalue weighted by atomic mass is 9.96. The van der Waals surface area contributed by atoms with Gasteiger partial charge in [-0.1, -0.05) is 13.0 Å². The first-order valence-electron chi connectivity index (χ1n) is 6.12. The van der Waals surface area contributed by atoms with Crippen molar-refractivity contribution in [2.45, 2.75) is 32.1 Å². The molecule has 0 saturated heterocycles. The molecule has 3 heteroatoms. The fraction of sp³-hybridized carbons (Fsp3) is 0.571. The predicted octanol–water partition coefficient (Wildman–Crippen LogP) is 3.95. The lowest BCUT2D eigenvalue weighted by molar-refractivity contribution is 0.261. The van der Waals surface area contributed by atoms with E-state index in [0.717, 1.165) is 5.04 Å². The molecular weight excluding hydrogens is 230 g/mol. The summed E-state index contributed by atoms with van der Waals surface area (Å²) in [4.78, 5) is 4.44. The van der Waals surface area contributed by atoms with Crippen LogP contribution in [0.25, 0.3) is 0 Å². The van der Waals surface area contributed by atoms with Crippen LogP contribution in [0.1, 0.15) is 32.1 Å². The van der Waals surface area contributed by atoms with Gasteiger partial charge in [-0.2, -0.15) is 0 Å². The zero-order valence-electron chi connectivity index (χ0n) is 10.6.